The highest BCUT2D eigenvalue weighted by molar-refractivity contribution is 7.31. The summed E-state index contributed by atoms with van der Waals surface area (Å²) in [5, 5.41) is 5.42. The van der Waals surface area contributed by atoms with E-state index in [4.69, 9.17) is 19.4 Å². The van der Waals surface area contributed by atoms with Crippen molar-refractivity contribution in [2.75, 3.05) is 27.3 Å². The Morgan fingerprint density at radius 1 is 0.712 bits per heavy atom. The maximum Gasteiger partial charge on any atom is 0.407 e. The molecule has 0 bridgehead atoms. The molecule has 4 atom stereocenters. The zero-order valence-corrected chi connectivity index (χ0v) is 34.8. The lowest BCUT2D eigenvalue weighted by molar-refractivity contribution is -0.135. The topological polar surface area (TPSA) is 175 Å². The molecule has 2 aromatic carbocycles. The first-order valence-electron chi connectivity index (χ1n) is 19.7. The number of aromatic nitrogens is 4. The van der Waals surface area contributed by atoms with E-state index in [0.717, 1.165) is 63.8 Å². The van der Waals surface area contributed by atoms with Crippen LogP contribution in [0.25, 0.3) is 41.7 Å². The minimum atomic E-state index is -0.877. The SMILES string of the molecule is COC(=O)N[C@H](C(=O)N1CCCC1c1ncc(-c2cc3sc(-c4ccc(-c5cnc([C@@H]6CCCN6C(=O)[C@H](NC(=O)OC)c6ccccc6)[nH]5)cc4)cc3s2)[nH]1)C(C)C. The second kappa shape index (κ2) is 17.1. The molecule has 6 heterocycles. The molecule has 306 valence electrons. The van der Waals surface area contributed by atoms with Gasteiger partial charge in [-0.2, -0.15) is 0 Å². The number of hydrogen-bond acceptors (Lipinski definition) is 10. The van der Waals surface area contributed by atoms with Crippen molar-refractivity contribution < 1.29 is 28.7 Å². The first-order valence-corrected chi connectivity index (χ1v) is 21.3. The summed E-state index contributed by atoms with van der Waals surface area (Å²) >= 11 is 3.43. The van der Waals surface area contributed by atoms with Gasteiger partial charge in [-0.3, -0.25) is 9.59 Å². The number of nitrogens with zero attached hydrogens (tertiary/aromatic N) is 4. The number of hydrogen-bond donors (Lipinski definition) is 4. The van der Waals surface area contributed by atoms with Crippen LogP contribution in [0.4, 0.5) is 9.59 Å². The van der Waals surface area contributed by atoms with Gasteiger partial charge in [0.05, 0.1) is 55.0 Å². The molecule has 2 fully saturated rings. The van der Waals surface area contributed by atoms with Gasteiger partial charge in [0.15, 0.2) is 0 Å². The first kappa shape index (κ1) is 39.8. The number of benzene rings is 2. The van der Waals surface area contributed by atoms with Crippen LogP contribution in [0.1, 0.15) is 74.9 Å². The van der Waals surface area contributed by atoms with Crippen LogP contribution in [0, 0.1) is 5.92 Å². The average molecular weight is 835 g/mol. The molecule has 4 aromatic heterocycles. The molecule has 0 spiro atoms. The van der Waals surface area contributed by atoms with Crippen molar-refractivity contribution in [2.24, 2.45) is 5.92 Å². The number of nitrogens with one attached hydrogen (secondary N) is 4. The van der Waals surface area contributed by atoms with Crippen LogP contribution in [0.2, 0.25) is 0 Å². The number of thiophene rings is 2. The lowest BCUT2D eigenvalue weighted by Crippen LogP contribution is -2.51. The van der Waals surface area contributed by atoms with E-state index in [1.54, 1.807) is 27.6 Å². The average Bonchev–Trinajstić information content (AvgIpc) is 4.10. The highest BCUT2D eigenvalue weighted by atomic mass is 32.1. The van der Waals surface area contributed by atoms with E-state index in [-0.39, 0.29) is 29.8 Å². The van der Waals surface area contributed by atoms with Gasteiger partial charge in [0.2, 0.25) is 5.91 Å². The molecule has 0 saturated carbocycles. The number of H-pyrrole nitrogens is 2. The number of carbonyl (C=O) groups is 4. The Labute approximate surface area is 349 Å². The van der Waals surface area contributed by atoms with E-state index in [1.165, 1.54) is 23.6 Å². The third-order valence-corrected chi connectivity index (χ3v) is 13.4. The van der Waals surface area contributed by atoms with E-state index in [9.17, 15) is 19.2 Å². The van der Waals surface area contributed by atoms with Crippen molar-refractivity contribution in [1.29, 1.82) is 0 Å². The zero-order valence-electron chi connectivity index (χ0n) is 33.2. The number of alkyl carbamates (subject to hydrolysis) is 2. The van der Waals surface area contributed by atoms with Gasteiger partial charge in [0.1, 0.15) is 23.7 Å². The quantitative estimate of drug-likeness (QED) is 0.101. The fourth-order valence-corrected chi connectivity index (χ4v) is 10.4. The second-order valence-electron chi connectivity index (χ2n) is 15.1. The maximum atomic E-state index is 13.9. The Morgan fingerprint density at radius 2 is 1.25 bits per heavy atom. The van der Waals surface area contributed by atoms with Gasteiger partial charge in [0, 0.05) is 27.4 Å². The van der Waals surface area contributed by atoms with Gasteiger partial charge < -0.3 is 39.9 Å². The molecule has 8 rings (SSSR count). The number of carbonyl (C=O) groups excluding carboxylic acids is 4. The monoisotopic (exact) mass is 834 g/mol. The summed E-state index contributed by atoms with van der Waals surface area (Å²) in [6, 6.07) is 20.0. The van der Waals surface area contributed by atoms with Gasteiger partial charge in [-0.15, -0.1) is 22.7 Å². The molecule has 2 saturated heterocycles. The molecule has 0 aliphatic carbocycles. The van der Waals surface area contributed by atoms with Gasteiger partial charge in [-0.25, -0.2) is 19.6 Å². The molecule has 6 aromatic rings. The van der Waals surface area contributed by atoms with Crippen molar-refractivity contribution in [1.82, 2.24) is 40.4 Å². The maximum absolute atomic E-state index is 13.9. The smallest absolute Gasteiger partial charge is 0.407 e. The first-order chi connectivity index (χ1) is 28.6. The standard InChI is InChI=1S/C43H46N8O6S2/c1-24(2)36(48-42(54)56-3)40(52)50-18-8-13-31(50)39-45-23-29(47-39)33-21-35-34(59-33)20-32(58-35)26-16-14-25(15-17-26)28-22-44-38(46-28)30-12-9-19-51(30)41(53)37(49-43(55)57-4)27-10-6-5-7-11-27/h5-7,10-11,14-17,20-24,30-31,36-37H,8-9,12-13,18-19H2,1-4H3,(H,44,46)(H,45,47)(H,48,54)(H,49,55)/t30-,31?,36-,37+/m0/s1. The predicted octanol–water partition coefficient (Wildman–Crippen LogP) is 8.21. The fraction of sp³-hybridized carbons (Fsp3) is 0.349. The largest absolute Gasteiger partial charge is 0.453 e. The Morgan fingerprint density at radius 3 is 1.88 bits per heavy atom. The van der Waals surface area contributed by atoms with Crippen LogP contribution in [0.3, 0.4) is 0 Å². The summed E-state index contributed by atoms with van der Waals surface area (Å²) in [4.78, 5) is 73.9. The highest BCUT2D eigenvalue weighted by Crippen LogP contribution is 2.42. The van der Waals surface area contributed by atoms with Crippen LogP contribution >= 0.6 is 22.7 Å². The Balaban J connectivity index is 0.935. The van der Waals surface area contributed by atoms with Crippen molar-refractivity contribution in [3.05, 3.63) is 96.3 Å². The highest BCUT2D eigenvalue weighted by Gasteiger charge is 2.39. The van der Waals surface area contributed by atoms with E-state index >= 15 is 0 Å². The van der Waals surface area contributed by atoms with Gasteiger partial charge in [-0.05, 0) is 60.4 Å². The van der Waals surface area contributed by atoms with Crippen molar-refractivity contribution in [3.63, 3.8) is 0 Å². The number of fused-ring (bicyclic) bond motifs is 1. The number of imidazole rings is 2. The molecule has 14 nitrogen and oxygen atoms in total. The molecule has 2 aliphatic rings. The number of rotatable bonds is 11. The van der Waals surface area contributed by atoms with Crippen LogP contribution in [-0.4, -0.2) is 87.1 Å². The summed E-state index contributed by atoms with van der Waals surface area (Å²) in [6.45, 7) is 4.97. The Hall–Kier alpha value is -6.00. The number of amides is 4. The summed E-state index contributed by atoms with van der Waals surface area (Å²) in [5.74, 6) is 1.01. The van der Waals surface area contributed by atoms with Crippen LogP contribution in [-0.2, 0) is 19.1 Å². The Kier molecular flexibility index (Phi) is 11.5. The molecule has 0 radical (unpaired) electrons. The zero-order chi connectivity index (χ0) is 41.2. The minimum absolute atomic E-state index is 0.102. The van der Waals surface area contributed by atoms with Crippen molar-refractivity contribution in [2.45, 2.75) is 63.7 Å². The summed E-state index contributed by atoms with van der Waals surface area (Å²) in [7, 11) is 2.58. The molecule has 16 heteroatoms. The molecule has 4 N–H and O–H groups in total. The third-order valence-electron chi connectivity index (χ3n) is 11.1. The lowest BCUT2D eigenvalue weighted by atomic mass is 10.0. The van der Waals surface area contributed by atoms with Crippen LogP contribution in [0.5, 0.6) is 0 Å². The molecular weight excluding hydrogens is 789 g/mol. The van der Waals surface area contributed by atoms with E-state index < -0.39 is 24.3 Å². The molecule has 59 heavy (non-hydrogen) atoms. The summed E-state index contributed by atoms with van der Waals surface area (Å²) < 4.78 is 12.0. The molecule has 1 unspecified atom stereocenters. The second-order valence-corrected chi connectivity index (χ2v) is 17.3. The van der Waals surface area contributed by atoms with Crippen molar-refractivity contribution >= 4 is 56.1 Å². The van der Waals surface area contributed by atoms with E-state index in [2.05, 4.69) is 57.0 Å². The minimum Gasteiger partial charge on any atom is -0.453 e. The summed E-state index contributed by atoms with van der Waals surface area (Å²) in [5.41, 5.74) is 4.54. The molecular formula is C43H46N8O6S2. The fourth-order valence-electron chi connectivity index (χ4n) is 7.99. The lowest BCUT2D eigenvalue weighted by Gasteiger charge is -2.30. The predicted molar refractivity (Wildman–Crippen MR) is 227 cm³/mol. The number of aromatic amines is 2. The normalized spacial score (nSPS) is 17.6. The van der Waals surface area contributed by atoms with Gasteiger partial charge in [0.25, 0.3) is 5.91 Å². The molecule has 4 amide bonds. The Bertz CT molecular complexity index is 2420. The van der Waals surface area contributed by atoms with E-state index in [0.29, 0.717) is 24.5 Å². The number of methoxy groups -OCH3 is 2. The summed E-state index contributed by atoms with van der Waals surface area (Å²) in [6.07, 6.45) is 5.58. The van der Waals surface area contributed by atoms with Gasteiger partial charge in [-0.1, -0.05) is 68.4 Å². The molecule has 2 aliphatic heterocycles. The van der Waals surface area contributed by atoms with Crippen LogP contribution in [0.15, 0.2) is 79.1 Å². The van der Waals surface area contributed by atoms with Crippen LogP contribution < -0.4 is 10.6 Å². The number of likely N-dealkylation sites (tertiary alicyclic amines) is 2. The third kappa shape index (κ3) is 8.19. The van der Waals surface area contributed by atoms with Crippen molar-refractivity contribution in [3.8, 4) is 32.3 Å². The van der Waals surface area contributed by atoms with E-state index in [1.807, 2.05) is 61.5 Å². The van der Waals surface area contributed by atoms with Gasteiger partial charge >= 0.3 is 12.2 Å². The number of ether oxygens (including phenoxy) is 2.